The van der Waals surface area contributed by atoms with Crippen molar-refractivity contribution in [2.24, 2.45) is 5.73 Å². The Balaban J connectivity index is 2.09. The summed E-state index contributed by atoms with van der Waals surface area (Å²) in [5.41, 5.74) is 5.41. The highest BCUT2D eigenvalue weighted by atomic mass is 16.5. The number of rotatable bonds is 5. The first kappa shape index (κ1) is 16.4. The number of nitrogens with zero attached hydrogens (tertiary/aromatic N) is 2. The van der Waals surface area contributed by atoms with Crippen LogP contribution in [-0.4, -0.2) is 34.6 Å². The molecule has 2 aromatic rings. The molecule has 23 heavy (non-hydrogen) atoms. The van der Waals surface area contributed by atoms with E-state index in [0.717, 1.165) is 0 Å². The number of amides is 1. The third-order valence-corrected chi connectivity index (χ3v) is 3.05. The van der Waals surface area contributed by atoms with Crippen molar-refractivity contribution in [2.45, 2.75) is 12.6 Å². The van der Waals surface area contributed by atoms with E-state index in [9.17, 15) is 14.4 Å². The van der Waals surface area contributed by atoms with E-state index in [1.807, 2.05) is 0 Å². The molecule has 8 heteroatoms. The standard InChI is InChI=1S/C15H16N4O4/c1-23-14(21)11(16)9-19-8-7-12(18-15(19)22)17-13(20)10-5-3-2-4-6-10/h2-8,11H,9,16H2,1H3,(H,17,18,20,22)/t11-/m0/s1. The highest BCUT2D eigenvalue weighted by molar-refractivity contribution is 6.03. The Kier molecular flexibility index (Phi) is 5.21. The zero-order chi connectivity index (χ0) is 16.8. The fourth-order valence-corrected chi connectivity index (χ4v) is 1.85. The van der Waals surface area contributed by atoms with Crippen LogP contribution in [0.1, 0.15) is 10.4 Å². The molecule has 0 aliphatic heterocycles. The van der Waals surface area contributed by atoms with Gasteiger partial charge in [-0.1, -0.05) is 18.2 Å². The van der Waals surface area contributed by atoms with Crippen LogP contribution in [0.5, 0.6) is 0 Å². The van der Waals surface area contributed by atoms with Gasteiger partial charge in [-0.15, -0.1) is 0 Å². The fraction of sp³-hybridized carbons (Fsp3) is 0.200. The Morgan fingerprint density at radius 1 is 1.30 bits per heavy atom. The lowest BCUT2D eigenvalue weighted by Crippen LogP contribution is -2.39. The average Bonchev–Trinajstić information content (AvgIpc) is 2.57. The number of carbonyl (C=O) groups is 2. The third-order valence-electron chi connectivity index (χ3n) is 3.05. The number of benzene rings is 1. The lowest BCUT2D eigenvalue weighted by molar-refractivity contribution is -0.142. The third kappa shape index (κ3) is 4.24. The Morgan fingerprint density at radius 3 is 2.61 bits per heavy atom. The van der Waals surface area contributed by atoms with E-state index in [0.29, 0.717) is 5.56 Å². The Morgan fingerprint density at radius 2 is 2.00 bits per heavy atom. The Labute approximate surface area is 131 Å². The molecule has 0 saturated carbocycles. The molecule has 8 nitrogen and oxygen atoms in total. The highest BCUT2D eigenvalue weighted by Gasteiger charge is 2.15. The Hall–Kier alpha value is -3.00. The normalized spacial score (nSPS) is 11.6. The van der Waals surface area contributed by atoms with Gasteiger partial charge >= 0.3 is 11.7 Å². The summed E-state index contributed by atoms with van der Waals surface area (Å²) >= 11 is 0. The van der Waals surface area contributed by atoms with Crippen LogP contribution < -0.4 is 16.7 Å². The maximum absolute atomic E-state index is 12.0. The van der Waals surface area contributed by atoms with Crippen molar-refractivity contribution < 1.29 is 14.3 Å². The first-order chi connectivity index (χ1) is 11.0. The second-order valence-corrected chi connectivity index (χ2v) is 4.70. The molecule has 0 radical (unpaired) electrons. The van der Waals surface area contributed by atoms with Crippen molar-refractivity contribution in [3.63, 3.8) is 0 Å². The van der Waals surface area contributed by atoms with Crippen LogP contribution in [0.4, 0.5) is 5.82 Å². The molecule has 1 amide bonds. The number of anilines is 1. The predicted molar refractivity (Wildman–Crippen MR) is 82.9 cm³/mol. The van der Waals surface area contributed by atoms with E-state index in [2.05, 4.69) is 15.0 Å². The largest absolute Gasteiger partial charge is 0.468 e. The van der Waals surface area contributed by atoms with E-state index in [1.165, 1.54) is 23.9 Å². The monoisotopic (exact) mass is 316 g/mol. The summed E-state index contributed by atoms with van der Waals surface area (Å²) in [4.78, 5) is 38.9. The van der Waals surface area contributed by atoms with Crippen molar-refractivity contribution in [3.8, 4) is 0 Å². The van der Waals surface area contributed by atoms with Crippen LogP contribution in [0, 0.1) is 0 Å². The number of carbonyl (C=O) groups excluding carboxylic acids is 2. The molecule has 1 aromatic heterocycles. The molecular formula is C15H16N4O4. The molecule has 0 spiro atoms. The molecule has 0 aliphatic rings. The zero-order valence-corrected chi connectivity index (χ0v) is 12.4. The molecule has 1 heterocycles. The SMILES string of the molecule is COC(=O)[C@@H](N)Cn1ccc(NC(=O)c2ccccc2)nc1=O. The van der Waals surface area contributed by atoms with Crippen LogP contribution >= 0.6 is 0 Å². The fourth-order valence-electron chi connectivity index (χ4n) is 1.85. The molecular weight excluding hydrogens is 300 g/mol. The van der Waals surface area contributed by atoms with Crippen molar-refractivity contribution in [3.05, 3.63) is 58.6 Å². The summed E-state index contributed by atoms with van der Waals surface area (Å²) in [7, 11) is 1.21. The van der Waals surface area contributed by atoms with Gasteiger partial charge in [0, 0.05) is 11.8 Å². The van der Waals surface area contributed by atoms with Gasteiger partial charge in [-0.3, -0.25) is 14.2 Å². The summed E-state index contributed by atoms with van der Waals surface area (Å²) in [6.45, 7) is -0.0641. The first-order valence-electron chi connectivity index (χ1n) is 6.78. The van der Waals surface area contributed by atoms with Gasteiger partial charge in [0.15, 0.2) is 0 Å². The molecule has 3 N–H and O–H groups in total. The van der Waals surface area contributed by atoms with Crippen LogP contribution in [0.2, 0.25) is 0 Å². The van der Waals surface area contributed by atoms with E-state index >= 15 is 0 Å². The topological polar surface area (TPSA) is 116 Å². The van der Waals surface area contributed by atoms with E-state index in [1.54, 1.807) is 30.3 Å². The minimum Gasteiger partial charge on any atom is -0.468 e. The van der Waals surface area contributed by atoms with Crippen LogP contribution in [0.15, 0.2) is 47.4 Å². The van der Waals surface area contributed by atoms with Gasteiger partial charge in [0.25, 0.3) is 5.91 Å². The highest BCUT2D eigenvalue weighted by Crippen LogP contribution is 2.04. The van der Waals surface area contributed by atoms with Gasteiger partial charge in [0.1, 0.15) is 11.9 Å². The van der Waals surface area contributed by atoms with E-state index in [4.69, 9.17) is 5.73 Å². The summed E-state index contributed by atoms with van der Waals surface area (Å²) < 4.78 is 5.66. The summed E-state index contributed by atoms with van der Waals surface area (Å²) in [5, 5.41) is 2.53. The number of nitrogens with one attached hydrogen (secondary N) is 1. The molecule has 0 unspecified atom stereocenters. The molecule has 1 aromatic carbocycles. The maximum Gasteiger partial charge on any atom is 0.349 e. The van der Waals surface area contributed by atoms with Crippen molar-refractivity contribution in [1.82, 2.24) is 9.55 Å². The number of esters is 1. The van der Waals surface area contributed by atoms with E-state index < -0.39 is 17.7 Å². The number of methoxy groups -OCH3 is 1. The van der Waals surface area contributed by atoms with Gasteiger partial charge in [-0.25, -0.2) is 4.79 Å². The van der Waals surface area contributed by atoms with Gasteiger partial charge in [-0.2, -0.15) is 4.98 Å². The predicted octanol–water partition coefficient (Wildman–Crippen LogP) is -0.00410. The zero-order valence-electron chi connectivity index (χ0n) is 12.4. The maximum atomic E-state index is 12.0. The second kappa shape index (κ2) is 7.32. The summed E-state index contributed by atoms with van der Waals surface area (Å²) in [5.74, 6) is -0.883. The molecule has 0 fully saturated rings. The molecule has 2 rings (SSSR count). The van der Waals surface area contributed by atoms with Gasteiger partial charge in [0.2, 0.25) is 0 Å². The smallest absolute Gasteiger partial charge is 0.349 e. The lowest BCUT2D eigenvalue weighted by Gasteiger charge is -2.11. The van der Waals surface area contributed by atoms with Crippen LogP contribution in [0.25, 0.3) is 0 Å². The molecule has 0 saturated heterocycles. The van der Waals surface area contributed by atoms with Gasteiger partial charge in [0.05, 0.1) is 13.7 Å². The van der Waals surface area contributed by atoms with Crippen molar-refractivity contribution >= 4 is 17.7 Å². The molecule has 1 atom stereocenters. The number of aromatic nitrogens is 2. The number of nitrogens with two attached hydrogens (primary N) is 1. The lowest BCUT2D eigenvalue weighted by atomic mass is 10.2. The van der Waals surface area contributed by atoms with Crippen molar-refractivity contribution in [1.29, 1.82) is 0 Å². The molecule has 0 aliphatic carbocycles. The van der Waals surface area contributed by atoms with Crippen molar-refractivity contribution in [2.75, 3.05) is 12.4 Å². The van der Waals surface area contributed by atoms with Gasteiger partial charge < -0.3 is 15.8 Å². The number of ether oxygens (including phenoxy) is 1. The average molecular weight is 316 g/mol. The minimum atomic E-state index is -0.968. The first-order valence-corrected chi connectivity index (χ1v) is 6.78. The quantitative estimate of drug-likeness (QED) is 0.750. The molecule has 120 valence electrons. The minimum absolute atomic E-state index is 0.0641. The molecule has 0 bridgehead atoms. The Bertz CT molecular complexity index is 758. The number of hydrogen-bond donors (Lipinski definition) is 2. The van der Waals surface area contributed by atoms with Gasteiger partial charge in [-0.05, 0) is 18.2 Å². The van der Waals surface area contributed by atoms with Crippen LogP contribution in [0.3, 0.4) is 0 Å². The van der Waals surface area contributed by atoms with Crippen LogP contribution in [-0.2, 0) is 16.1 Å². The second-order valence-electron chi connectivity index (χ2n) is 4.70. The van der Waals surface area contributed by atoms with E-state index in [-0.39, 0.29) is 18.3 Å². The summed E-state index contributed by atoms with van der Waals surface area (Å²) in [6, 6.07) is 9.03. The number of hydrogen-bond acceptors (Lipinski definition) is 6. The summed E-state index contributed by atoms with van der Waals surface area (Å²) in [6.07, 6.45) is 1.40.